The molecule has 2 fully saturated rings. The fraction of sp³-hybridized carbons (Fsp3) is 0.650. The summed E-state index contributed by atoms with van der Waals surface area (Å²) in [6.45, 7) is 4.65. The van der Waals surface area contributed by atoms with Crippen molar-refractivity contribution in [1.29, 1.82) is 0 Å². The van der Waals surface area contributed by atoms with Crippen LogP contribution in [0.25, 0.3) is 0 Å². The maximum atomic E-state index is 5.96. The van der Waals surface area contributed by atoms with E-state index >= 15 is 0 Å². The first-order valence-corrected chi connectivity index (χ1v) is 9.43. The van der Waals surface area contributed by atoms with Crippen molar-refractivity contribution in [2.45, 2.75) is 32.2 Å². The fourth-order valence-corrected chi connectivity index (χ4v) is 3.84. The smallest absolute Gasteiger partial charge is 0.193 e. The first-order chi connectivity index (χ1) is 12.1. The molecule has 138 valence electrons. The summed E-state index contributed by atoms with van der Waals surface area (Å²) in [5, 5.41) is 3.54. The maximum absolute atomic E-state index is 5.96. The number of nitrogens with zero attached hydrogens (tertiary/aromatic N) is 3. The monoisotopic (exact) mass is 344 g/mol. The molecule has 0 amide bonds. The van der Waals surface area contributed by atoms with E-state index in [1.54, 1.807) is 0 Å². The highest BCUT2D eigenvalue weighted by atomic mass is 16.5. The van der Waals surface area contributed by atoms with Crippen LogP contribution in [0.3, 0.4) is 0 Å². The van der Waals surface area contributed by atoms with Crippen LogP contribution >= 0.6 is 0 Å². The quantitative estimate of drug-likeness (QED) is 0.636. The first kappa shape index (κ1) is 18.1. The topological polar surface area (TPSA) is 40.1 Å². The zero-order chi connectivity index (χ0) is 17.7. The highest BCUT2D eigenvalue weighted by Gasteiger charge is 2.43. The van der Waals surface area contributed by atoms with Crippen molar-refractivity contribution in [3.8, 4) is 5.75 Å². The molecule has 0 radical (unpaired) electrons. The maximum Gasteiger partial charge on any atom is 0.193 e. The van der Waals surface area contributed by atoms with Crippen molar-refractivity contribution < 1.29 is 4.74 Å². The van der Waals surface area contributed by atoms with E-state index in [-0.39, 0.29) is 0 Å². The second-order valence-corrected chi connectivity index (χ2v) is 7.69. The zero-order valence-electron chi connectivity index (χ0n) is 15.9. The Morgan fingerprint density at radius 2 is 2.08 bits per heavy atom. The fourth-order valence-electron chi connectivity index (χ4n) is 3.84. The Morgan fingerprint density at radius 3 is 2.72 bits per heavy atom. The summed E-state index contributed by atoms with van der Waals surface area (Å²) in [7, 11) is 6.01. The Labute approximate surface area is 152 Å². The molecule has 1 saturated heterocycles. The number of benzene rings is 1. The Balaban J connectivity index is 1.55. The van der Waals surface area contributed by atoms with Gasteiger partial charge in [0.15, 0.2) is 5.96 Å². The number of para-hydroxylation sites is 1. The lowest BCUT2D eigenvalue weighted by atomic mass is 9.68. The molecule has 1 heterocycles. The van der Waals surface area contributed by atoms with E-state index in [1.165, 1.54) is 31.2 Å². The molecule has 1 N–H and O–H groups in total. The van der Waals surface area contributed by atoms with Crippen molar-refractivity contribution in [1.82, 2.24) is 15.1 Å². The molecule has 1 aliphatic carbocycles. The minimum Gasteiger partial charge on any atom is -0.492 e. The van der Waals surface area contributed by atoms with Gasteiger partial charge in [0.2, 0.25) is 0 Å². The zero-order valence-corrected chi connectivity index (χ0v) is 15.9. The molecule has 0 bridgehead atoms. The Hall–Kier alpha value is -1.75. The molecule has 2 aliphatic rings. The molecule has 0 unspecified atom stereocenters. The summed E-state index contributed by atoms with van der Waals surface area (Å²) in [5.74, 6) is 1.98. The van der Waals surface area contributed by atoms with Crippen LogP contribution in [-0.4, -0.2) is 63.1 Å². The van der Waals surface area contributed by atoms with E-state index in [0.717, 1.165) is 37.9 Å². The van der Waals surface area contributed by atoms with Gasteiger partial charge in [0.05, 0.1) is 0 Å². The predicted molar refractivity (Wildman–Crippen MR) is 103 cm³/mol. The van der Waals surface area contributed by atoms with E-state index in [1.807, 2.05) is 13.1 Å². The third-order valence-electron chi connectivity index (χ3n) is 5.57. The normalized spacial score (nSPS) is 19.4. The van der Waals surface area contributed by atoms with Gasteiger partial charge in [0.1, 0.15) is 12.4 Å². The van der Waals surface area contributed by atoms with Gasteiger partial charge in [-0.1, -0.05) is 24.6 Å². The van der Waals surface area contributed by atoms with Gasteiger partial charge in [0.25, 0.3) is 0 Å². The number of likely N-dealkylation sites (N-methyl/N-ethyl adjacent to an activating group) is 1. The molecule has 1 spiro atoms. The molecular weight excluding hydrogens is 312 g/mol. The van der Waals surface area contributed by atoms with Crippen molar-refractivity contribution >= 4 is 5.96 Å². The van der Waals surface area contributed by atoms with Gasteiger partial charge in [0, 0.05) is 38.8 Å². The van der Waals surface area contributed by atoms with Crippen LogP contribution in [0.5, 0.6) is 5.75 Å². The summed E-state index contributed by atoms with van der Waals surface area (Å²) in [4.78, 5) is 9.06. The molecule has 3 rings (SSSR count). The number of ether oxygens (including phenoxy) is 1. The van der Waals surface area contributed by atoms with E-state index in [0.29, 0.717) is 12.0 Å². The molecule has 1 aromatic carbocycles. The highest BCUT2D eigenvalue weighted by Crippen LogP contribution is 2.47. The number of aliphatic imine (C=N–C) groups is 1. The van der Waals surface area contributed by atoms with Crippen LogP contribution in [0.2, 0.25) is 0 Å². The first-order valence-electron chi connectivity index (χ1n) is 9.43. The lowest BCUT2D eigenvalue weighted by Gasteiger charge is -2.38. The van der Waals surface area contributed by atoms with Crippen LogP contribution < -0.4 is 10.1 Å². The van der Waals surface area contributed by atoms with Crippen LogP contribution in [0.1, 0.15) is 31.2 Å². The number of likely N-dealkylation sites (tertiary alicyclic amines) is 1. The summed E-state index contributed by atoms with van der Waals surface area (Å²) < 4.78 is 5.96. The minimum absolute atomic E-state index is 0.588. The van der Waals surface area contributed by atoms with Gasteiger partial charge in [-0.25, -0.2) is 0 Å². The Kier molecular flexibility index (Phi) is 5.84. The second kappa shape index (κ2) is 8.09. The van der Waals surface area contributed by atoms with Gasteiger partial charge in [-0.3, -0.25) is 4.99 Å². The lowest BCUT2D eigenvalue weighted by molar-refractivity contribution is 0.151. The van der Waals surface area contributed by atoms with Gasteiger partial charge in [-0.15, -0.1) is 0 Å². The molecule has 5 heteroatoms. The summed E-state index contributed by atoms with van der Waals surface area (Å²) in [6, 6.07) is 8.28. The lowest BCUT2D eigenvalue weighted by Crippen LogP contribution is -2.42. The number of hydrogen-bond donors (Lipinski definition) is 1. The van der Waals surface area contributed by atoms with E-state index < -0.39 is 0 Å². The standard InChI is InChI=1S/C20H32N4O/c1-21-19(24-12-11-20(16-24)9-6-10-20)22-15-17-7-4-5-8-18(17)25-14-13-23(2)3/h4-5,7-8H,6,9-16H2,1-3H3,(H,21,22). The van der Waals surface area contributed by atoms with Gasteiger partial charge in [-0.05, 0) is 44.8 Å². The van der Waals surface area contributed by atoms with Crippen molar-refractivity contribution in [2.75, 3.05) is 47.4 Å². The highest BCUT2D eigenvalue weighted by molar-refractivity contribution is 5.80. The molecule has 1 aliphatic heterocycles. The van der Waals surface area contributed by atoms with Crippen LogP contribution in [0, 0.1) is 5.41 Å². The van der Waals surface area contributed by atoms with Crippen LogP contribution in [0.4, 0.5) is 0 Å². The summed E-state index contributed by atoms with van der Waals surface area (Å²) in [5.41, 5.74) is 1.77. The average molecular weight is 345 g/mol. The molecule has 0 aromatic heterocycles. The third-order valence-corrected chi connectivity index (χ3v) is 5.57. The molecule has 25 heavy (non-hydrogen) atoms. The van der Waals surface area contributed by atoms with Crippen molar-refractivity contribution in [3.63, 3.8) is 0 Å². The van der Waals surface area contributed by atoms with Crippen LogP contribution in [0.15, 0.2) is 29.3 Å². The van der Waals surface area contributed by atoms with Crippen molar-refractivity contribution in [3.05, 3.63) is 29.8 Å². The van der Waals surface area contributed by atoms with E-state index in [9.17, 15) is 0 Å². The third kappa shape index (κ3) is 4.46. The summed E-state index contributed by atoms with van der Waals surface area (Å²) in [6.07, 6.45) is 5.50. The molecule has 0 atom stereocenters. The Bertz CT molecular complexity index is 595. The van der Waals surface area contributed by atoms with E-state index in [2.05, 4.69) is 52.4 Å². The van der Waals surface area contributed by atoms with E-state index in [4.69, 9.17) is 4.74 Å². The van der Waals surface area contributed by atoms with Crippen molar-refractivity contribution in [2.24, 2.45) is 10.4 Å². The SMILES string of the molecule is CN=C(NCc1ccccc1OCCN(C)C)N1CCC2(CCC2)C1. The number of guanidine groups is 1. The summed E-state index contributed by atoms with van der Waals surface area (Å²) >= 11 is 0. The number of hydrogen-bond acceptors (Lipinski definition) is 3. The second-order valence-electron chi connectivity index (χ2n) is 7.69. The average Bonchev–Trinajstić information content (AvgIpc) is 3.02. The molecule has 1 saturated carbocycles. The largest absolute Gasteiger partial charge is 0.492 e. The van der Waals surface area contributed by atoms with Gasteiger partial charge >= 0.3 is 0 Å². The Morgan fingerprint density at radius 1 is 1.28 bits per heavy atom. The number of rotatable bonds is 6. The molecular formula is C20H32N4O. The predicted octanol–water partition coefficient (Wildman–Crippen LogP) is 2.58. The van der Waals surface area contributed by atoms with Gasteiger partial charge in [-0.2, -0.15) is 0 Å². The van der Waals surface area contributed by atoms with Gasteiger partial charge < -0.3 is 19.9 Å². The minimum atomic E-state index is 0.588. The molecule has 1 aromatic rings. The van der Waals surface area contributed by atoms with Crippen LogP contribution in [-0.2, 0) is 6.54 Å². The number of nitrogens with one attached hydrogen (secondary N) is 1. The molecule has 5 nitrogen and oxygen atoms in total.